The smallest absolute Gasteiger partial charge is 0.174 e. The number of benzene rings is 2. The van der Waals surface area contributed by atoms with Crippen molar-refractivity contribution in [2.24, 2.45) is 0 Å². The summed E-state index contributed by atoms with van der Waals surface area (Å²) in [5.41, 5.74) is 1.27. The van der Waals surface area contributed by atoms with E-state index in [4.69, 9.17) is 4.52 Å². The summed E-state index contributed by atoms with van der Waals surface area (Å²) in [5.74, 6) is 0.409. The number of nitrogens with zero attached hydrogens (tertiary/aromatic N) is 1. The maximum atomic E-state index is 13.0. The maximum absolute atomic E-state index is 13.0. The van der Waals surface area contributed by atoms with Crippen LogP contribution < -0.4 is 0 Å². The summed E-state index contributed by atoms with van der Waals surface area (Å²) in [6, 6.07) is 10.9. The second-order valence-corrected chi connectivity index (χ2v) is 3.72. The van der Waals surface area contributed by atoms with E-state index in [9.17, 15) is 9.50 Å². The fourth-order valence-corrected chi connectivity index (χ4v) is 1.74. The van der Waals surface area contributed by atoms with E-state index < -0.39 is 0 Å². The SMILES string of the molecule is Oc1ccc(-c2onc3cc(F)ccc23)cc1. The van der Waals surface area contributed by atoms with Crippen LogP contribution in [0.2, 0.25) is 0 Å². The van der Waals surface area contributed by atoms with Gasteiger partial charge in [-0.1, -0.05) is 5.16 Å². The second kappa shape index (κ2) is 3.59. The van der Waals surface area contributed by atoms with E-state index in [0.29, 0.717) is 11.3 Å². The largest absolute Gasteiger partial charge is 0.508 e. The van der Waals surface area contributed by atoms with Crippen LogP contribution in [0.4, 0.5) is 4.39 Å². The normalized spacial score (nSPS) is 10.9. The Hall–Kier alpha value is -2.36. The quantitative estimate of drug-likeness (QED) is 0.696. The lowest BCUT2D eigenvalue weighted by Gasteiger charge is -1.97. The zero-order valence-corrected chi connectivity index (χ0v) is 8.72. The minimum atomic E-state index is -0.344. The average molecular weight is 229 g/mol. The lowest BCUT2D eigenvalue weighted by molar-refractivity contribution is 0.440. The highest BCUT2D eigenvalue weighted by atomic mass is 19.1. The number of aromatic nitrogens is 1. The molecule has 17 heavy (non-hydrogen) atoms. The molecule has 0 bridgehead atoms. The number of fused-ring (bicyclic) bond motifs is 1. The maximum Gasteiger partial charge on any atom is 0.174 e. The molecule has 3 aromatic rings. The Kier molecular flexibility index (Phi) is 2.08. The van der Waals surface area contributed by atoms with Crippen LogP contribution in [-0.2, 0) is 0 Å². The van der Waals surface area contributed by atoms with Crippen molar-refractivity contribution < 1.29 is 14.0 Å². The molecule has 1 aromatic heterocycles. The van der Waals surface area contributed by atoms with Gasteiger partial charge >= 0.3 is 0 Å². The van der Waals surface area contributed by atoms with Gasteiger partial charge in [0.05, 0.1) is 0 Å². The molecule has 3 nitrogen and oxygen atoms in total. The lowest BCUT2D eigenvalue weighted by atomic mass is 10.1. The summed E-state index contributed by atoms with van der Waals surface area (Å²) < 4.78 is 18.2. The summed E-state index contributed by atoms with van der Waals surface area (Å²) in [7, 11) is 0. The van der Waals surface area contributed by atoms with Gasteiger partial charge in [0, 0.05) is 17.0 Å². The molecule has 4 heteroatoms. The van der Waals surface area contributed by atoms with E-state index >= 15 is 0 Å². The van der Waals surface area contributed by atoms with Crippen LogP contribution in [0.1, 0.15) is 0 Å². The average Bonchev–Trinajstić information content (AvgIpc) is 2.73. The van der Waals surface area contributed by atoms with Gasteiger partial charge in [-0.25, -0.2) is 4.39 Å². The van der Waals surface area contributed by atoms with Gasteiger partial charge in [-0.15, -0.1) is 0 Å². The van der Waals surface area contributed by atoms with Gasteiger partial charge in [0.2, 0.25) is 0 Å². The Morgan fingerprint density at radius 3 is 2.59 bits per heavy atom. The molecule has 0 saturated carbocycles. The molecule has 3 rings (SSSR count). The van der Waals surface area contributed by atoms with Gasteiger partial charge in [-0.3, -0.25) is 0 Å². The molecule has 0 amide bonds. The Balaban J connectivity index is 2.21. The molecule has 0 aliphatic carbocycles. The van der Waals surface area contributed by atoms with Crippen molar-refractivity contribution in [1.29, 1.82) is 0 Å². The third-order valence-corrected chi connectivity index (χ3v) is 2.57. The molecule has 0 fully saturated rings. The van der Waals surface area contributed by atoms with Crippen molar-refractivity contribution in [1.82, 2.24) is 5.16 Å². The zero-order valence-electron chi connectivity index (χ0n) is 8.72. The number of phenols is 1. The lowest BCUT2D eigenvalue weighted by Crippen LogP contribution is -1.76. The molecule has 0 atom stereocenters. The van der Waals surface area contributed by atoms with Crippen molar-refractivity contribution in [3.05, 3.63) is 48.3 Å². The Labute approximate surface area is 96.1 Å². The molecule has 1 heterocycles. The first-order valence-corrected chi connectivity index (χ1v) is 5.08. The van der Waals surface area contributed by atoms with Crippen molar-refractivity contribution in [3.8, 4) is 17.1 Å². The van der Waals surface area contributed by atoms with Crippen LogP contribution >= 0.6 is 0 Å². The Morgan fingerprint density at radius 1 is 1.06 bits per heavy atom. The van der Waals surface area contributed by atoms with Crippen LogP contribution in [0.15, 0.2) is 47.0 Å². The highest BCUT2D eigenvalue weighted by Gasteiger charge is 2.10. The second-order valence-electron chi connectivity index (χ2n) is 3.72. The van der Waals surface area contributed by atoms with Crippen LogP contribution in [0.25, 0.3) is 22.2 Å². The molecular weight excluding hydrogens is 221 g/mol. The third-order valence-electron chi connectivity index (χ3n) is 2.57. The molecule has 0 unspecified atom stereocenters. The van der Waals surface area contributed by atoms with Crippen molar-refractivity contribution >= 4 is 10.9 Å². The highest BCUT2D eigenvalue weighted by molar-refractivity contribution is 5.91. The molecule has 0 saturated heterocycles. The van der Waals surface area contributed by atoms with Crippen molar-refractivity contribution in [2.75, 3.05) is 0 Å². The van der Waals surface area contributed by atoms with Gasteiger partial charge in [-0.2, -0.15) is 0 Å². The number of hydrogen-bond donors (Lipinski definition) is 1. The van der Waals surface area contributed by atoms with Crippen LogP contribution in [0.3, 0.4) is 0 Å². The number of hydrogen-bond acceptors (Lipinski definition) is 3. The van der Waals surface area contributed by atoms with E-state index in [1.54, 1.807) is 30.3 Å². The van der Waals surface area contributed by atoms with E-state index in [1.807, 2.05) is 0 Å². The standard InChI is InChI=1S/C13H8FNO2/c14-9-3-6-11-12(7-9)15-17-13(11)8-1-4-10(16)5-2-8/h1-7,16H. The summed E-state index contributed by atoms with van der Waals surface area (Å²) in [4.78, 5) is 0. The molecule has 0 aliphatic heterocycles. The first kappa shape index (κ1) is 9.84. The van der Waals surface area contributed by atoms with E-state index in [-0.39, 0.29) is 11.6 Å². The minimum absolute atomic E-state index is 0.184. The van der Waals surface area contributed by atoms with Crippen LogP contribution in [-0.4, -0.2) is 10.3 Å². The first-order valence-electron chi connectivity index (χ1n) is 5.08. The highest BCUT2D eigenvalue weighted by Crippen LogP contribution is 2.29. The molecule has 0 radical (unpaired) electrons. The number of halogens is 1. The first-order chi connectivity index (χ1) is 8.24. The molecule has 0 spiro atoms. The number of aromatic hydroxyl groups is 1. The van der Waals surface area contributed by atoms with Crippen LogP contribution in [0, 0.1) is 5.82 Å². The zero-order chi connectivity index (χ0) is 11.8. The van der Waals surface area contributed by atoms with E-state index in [2.05, 4.69) is 5.16 Å². The molecule has 1 N–H and O–H groups in total. The minimum Gasteiger partial charge on any atom is -0.508 e. The summed E-state index contributed by atoms with van der Waals surface area (Å²) >= 11 is 0. The Bertz CT molecular complexity index is 673. The van der Waals surface area contributed by atoms with Crippen LogP contribution in [0.5, 0.6) is 5.75 Å². The predicted molar refractivity (Wildman–Crippen MR) is 61.1 cm³/mol. The van der Waals surface area contributed by atoms with Crippen molar-refractivity contribution in [2.45, 2.75) is 0 Å². The van der Waals surface area contributed by atoms with Crippen molar-refractivity contribution in [3.63, 3.8) is 0 Å². The number of phenolic OH excluding ortho intramolecular Hbond substituents is 1. The fourth-order valence-electron chi connectivity index (χ4n) is 1.74. The monoisotopic (exact) mass is 229 g/mol. The van der Waals surface area contributed by atoms with Gasteiger partial charge in [0.25, 0.3) is 0 Å². The van der Waals surface area contributed by atoms with E-state index in [1.165, 1.54) is 12.1 Å². The van der Waals surface area contributed by atoms with Gasteiger partial charge in [0.15, 0.2) is 5.76 Å². The molecular formula is C13H8FNO2. The predicted octanol–water partition coefficient (Wildman–Crippen LogP) is 3.34. The molecule has 2 aromatic carbocycles. The van der Waals surface area contributed by atoms with E-state index in [0.717, 1.165) is 10.9 Å². The summed E-state index contributed by atoms with van der Waals surface area (Å²) in [6.07, 6.45) is 0. The third kappa shape index (κ3) is 1.63. The topological polar surface area (TPSA) is 46.3 Å². The Morgan fingerprint density at radius 2 is 1.82 bits per heavy atom. The van der Waals surface area contributed by atoms with Gasteiger partial charge < -0.3 is 9.63 Å². The summed E-state index contributed by atoms with van der Waals surface area (Å²) in [6.45, 7) is 0. The number of rotatable bonds is 1. The fraction of sp³-hybridized carbons (Fsp3) is 0. The molecule has 84 valence electrons. The summed E-state index contributed by atoms with van der Waals surface area (Å²) in [5, 5.41) is 13.8. The van der Waals surface area contributed by atoms with Gasteiger partial charge in [0.1, 0.15) is 17.1 Å². The van der Waals surface area contributed by atoms with Gasteiger partial charge in [-0.05, 0) is 36.4 Å². The molecule has 0 aliphatic rings.